The van der Waals surface area contributed by atoms with Crippen LogP contribution in [0, 0.1) is 18.8 Å². The fourth-order valence-electron chi connectivity index (χ4n) is 3.03. The van der Waals surface area contributed by atoms with Gasteiger partial charge in [-0.05, 0) is 24.8 Å². The van der Waals surface area contributed by atoms with Crippen LogP contribution in [0.25, 0.3) is 0 Å². The Morgan fingerprint density at radius 1 is 1.40 bits per heavy atom. The maximum absolute atomic E-state index is 12.0. The van der Waals surface area contributed by atoms with Gasteiger partial charge in [-0.1, -0.05) is 39.0 Å². The van der Waals surface area contributed by atoms with Crippen LogP contribution in [0.5, 0.6) is 0 Å². The number of aryl methyl sites for hydroxylation is 1. The average Bonchev–Trinajstić information content (AvgIpc) is 2.46. The fourth-order valence-corrected chi connectivity index (χ4v) is 3.03. The molecule has 0 radical (unpaired) electrons. The van der Waals surface area contributed by atoms with Gasteiger partial charge in [0.25, 0.3) is 0 Å². The molecule has 4 heteroatoms. The number of carbonyl (C=O) groups is 1. The van der Waals surface area contributed by atoms with Crippen LogP contribution in [0.1, 0.15) is 57.0 Å². The lowest BCUT2D eigenvalue weighted by molar-refractivity contribution is -0.122. The van der Waals surface area contributed by atoms with Gasteiger partial charge in [-0.25, -0.2) is 9.97 Å². The molecule has 1 aromatic heterocycles. The minimum absolute atomic E-state index is 0.138. The van der Waals surface area contributed by atoms with Gasteiger partial charge in [-0.2, -0.15) is 0 Å². The molecule has 0 saturated heterocycles. The zero-order chi connectivity index (χ0) is 14.4. The summed E-state index contributed by atoms with van der Waals surface area (Å²) < 4.78 is 0. The summed E-state index contributed by atoms with van der Waals surface area (Å²) in [4.78, 5) is 20.3. The van der Waals surface area contributed by atoms with Crippen molar-refractivity contribution >= 4 is 5.91 Å². The van der Waals surface area contributed by atoms with Crippen LogP contribution >= 0.6 is 0 Å². The van der Waals surface area contributed by atoms with Crippen molar-refractivity contribution in [3.63, 3.8) is 0 Å². The van der Waals surface area contributed by atoms with Crippen LogP contribution in [0.2, 0.25) is 0 Å². The number of amides is 1. The summed E-state index contributed by atoms with van der Waals surface area (Å²) in [5.74, 6) is 2.10. The third-order valence-corrected chi connectivity index (χ3v) is 4.26. The van der Waals surface area contributed by atoms with E-state index in [4.69, 9.17) is 0 Å². The van der Waals surface area contributed by atoms with E-state index in [1.165, 1.54) is 32.1 Å². The van der Waals surface area contributed by atoms with Crippen LogP contribution in [0.3, 0.4) is 0 Å². The van der Waals surface area contributed by atoms with Crippen molar-refractivity contribution in [3.05, 3.63) is 23.8 Å². The number of hydrogen-bond donors (Lipinski definition) is 1. The molecule has 1 saturated carbocycles. The van der Waals surface area contributed by atoms with E-state index in [-0.39, 0.29) is 5.91 Å². The van der Waals surface area contributed by atoms with Crippen molar-refractivity contribution in [2.45, 2.75) is 58.9 Å². The molecule has 0 unspecified atom stereocenters. The van der Waals surface area contributed by atoms with Crippen LogP contribution < -0.4 is 5.32 Å². The highest BCUT2D eigenvalue weighted by Crippen LogP contribution is 2.31. The SMILES string of the molecule is Cc1nccc(CNC(=O)C[C@@H](C)C2CCCCC2)n1. The van der Waals surface area contributed by atoms with Gasteiger partial charge in [-0.3, -0.25) is 4.79 Å². The van der Waals surface area contributed by atoms with Crippen LogP contribution in [-0.4, -0.2) is 15.9 Å². The van der Waals surface area contributed by atoms with Gasteiger partial charge >= 0.3 is 0 Å². The van der Waals surface area contributed by atoms with Crippen LogP contribution in [0.15, 0.2) is 12.3 Å². The monoisotopic (exact) mass is 275 g/mol. The number of nitrogens with zero attached hydrogens (tertiary/aromatic N) is 2. The number of carbonyl (C=O) groups excluding carboxylic acids is 1. The Morgan fingerprint density at radius 2 is 2.15 bits per heavy atom. The van der Waals surface area contributed by atoms with Crippen molar-refractivity contribution in [3.8, 4) is 0 Å². The lowest BCUT2D eigenvalue weighted by atomic mass is 9.79. The Kier molecular flexibility index (Phi) is 5.50. The third-order valence-electron chi connectivity index (χ3n) is 4.26. The molecule has 1 N–H and O–H groups in total. The molecule has 1 heterocycles. The first-order valence-corrected chi connectivity index (χ1v) is 7.70. The molecule has 1 atom stereocenters. The average molecular weight is 275 g/mol. The molecule has 2 rings (SSSR count). The van der Waals surface area contributed by atoms with E-state index in [1.807, 2.05) is 13.0 Å². The second kappa shape index (κ2) is 7.36. The standard InChI is InChI=1S/C16H25N3O/c1-12(14-6-4-3-5-7-14)10-16(20)18-11-15-8-9-17-13(2)19-15/h8-9,12,14H,3-7,10-11H2,1-2H3,(H,18,20)/t12-/m1/s1. The van der Waals surface area contributed by atoms with E-state index in [0.29, 0.717) is 18.9 Å². The summed E-state index contributed by atoms with van der Waals surface area (Å²) in [5, 5.41) is 2.97. The first-order chi connectivity index (χ1) is 9.65. The van der Waals surface area contributed by atoms with Crippen LogP contribution in [-0.2, 0) is 11.3 Å². The predicted molar refractivity (Wildman–Crippen MR) is 79.0 cm³/mol. The summed E-state index contributed by atoms with van der Waals surface area (Å²) in [6.07, 6.45) is 8.97. The van der Waals surface area contributed by atoms with Gasteiger partial charge in [-0.15, -0.1) is 0 Å². The zero-order valence-electron chi connectivity index (χ0n) is 12.6. The molecular weight excluding hydrogens is 250 g/mol. The maximum atomic E-state index is 12.0. The number of nitrogens with one attached hydrogen (secondary N) is 1. The highest BCUT2D eigenvalue weighted by molar-refractivity contribution is 5.76. The Bertz CT molecular complexity index is 441. The Morgan fingerprint density at radius 3 is 2.85 bits per heavy atom. The fraction of sp³-hybridized carbons (Fsp3) is 0.688. The Hall–Kier alpha value is -1.45. The van der Waals surface area contributed by atoms with E-state index in [2.05, 4.69) is 22.2 Å². The van der Waals surface area contributed by atoms with Gasteiger partial charge in [0.2, 0.25) is 5.91 Å². The number of aromatic nitrogens is 2. The molecular formula is C16H25N3O. The lowest BCUT2D eigenvalue weighted by Gasteiger charge is -2.27. The van der Waals surface area contributed by atoms with E-state index in [9.17, 15) is 4.79 Å². The first-order valence-electron chi connectivity index (χ1n) is 7.70. The predicted octanol–water partition coefficient (Wildman–Crippen LogP) is 3.01. The van der Waals surface area contributed by atoms with Gasteiger partial charge in [0.15, 0.2) is 0 Å². The molecule has 1 aliphatic rings. The highest BCUT2D eigenvalue weighted by atomic mass is 16.1. The summed E-state index contributed by atoms with van der Waals surface area (Å²) in [6.45, 7) is 4.57. The van der Waals surface area contributed by atoms with Gasteiger partial charge in [0.1, 0.15) is 5.82 Å². The van der Waals surface area contributed by atoms with Gasteiger partial charge in [0.05, 0.1) is 12.2 Å². The van der Waals surface area contributed by atoms with Gasteiger partial charge < -0.3 is 5.32 Å². The van der Waals surface area contributed by atoms with Crippen molar-refractivity contribution in [1.29, 1.82) is 0 Å². The summed E-state index contributed by atoms with van der Waals surface area (Å²) >= 11 is 0. The first kappa shape index (κ1) is 14.9. The Balaban J connectivity index is 1.74. The molecule has 110 valence electrons. The molecule has 0 aromatic carbocycles. The lowest BCUT2D eigenvalue weighted by Crippen LogP contribution is -2.27. The maximum Gasteiger partial charge on any atom is 0.220 e. The van der Waals surface area contributed by atoms with Crippen LogP contribution in [0.4, 0.5) is 0 Å². The minimum atomic E-state index is 0.138. The zero-order valence-corrected chi connectivity index (χ0v) is 12.6. The van der Waals surface area contributed by atoms with E-state index >= 15 is 0 Å². The summed E-state index contributed by atoms with van der Waals surface area (Å²) in [7, 11) is 0. The molecule has 20 heavy (non-hydrogen) atoms. The normalized spacial score (nSPS) is 17.7. The van der Waals surface area contributed by atoms with Crippen molar-refractivity contribution in [2.24, 2.45) is 11.8 Å². The molecule has 1 fully saturated rings. The topological polar surface area (TPSA) is 54.9 Å². The number of hydrogen-bond acceptors (Lipinski definition) is 3. The molecule has 4 nitrogen and oxygen atoms in total. The smallest absolute Gasteiger partial charge is 0.220 e. The molecule has 0 aliphatic heterocycles. The quantitative estimate of drug-likeness (QED) is 0.898. The van der Waals surface area contributed by atoms with Crippen molar-refractivity contribution in [1.82, 2.24) is 15.3 Å². The molecule has 0 spiro atoms. The van der Waals surface area contributed by atoms with Crippen molar-refractivity contribution < 1.29 is 4.79 Å². The Labute approximate surface area is 121 Å². The second-order valence-corrected chi connectivity index (χ2v) is 5.95. The molecule has 0 bridgehead atoms. The van der Waals surface area contributed by atoms with E-state index in [0.717, 1.165) is 17.4 Å². The number of rotatable bonds is 5. The highest BCUT2D eigenvalue weighted by Gasteiger charge is 2.21. The molecule has 1 aliphatic carbocycles. The van der Waals surface area contributed by atoms with Gasteiger partial charge in [0, 0.05) is 12.6 Å². The largest absolute Gasteiger partial charge is 0.350 e. The van der Waals surface area contributed by atoms with E-state index < -0.39 is 0 Å². The summed E-state index contributed by atoms with van der Waals surface area (Å²) in [5.41, 5.74) is 0.871. The minimum Gasteiger partial charge on any atom is -0.350 e. The van der Waals surface area contributed by atoms with Crippen molar-refractivity contribution in [2.75, 3.05) is 0 Å². The third kappa shape index (κ3) is 4.58. The molecule has 1 amide bonds. The molecule has 1 aromatic rings. The summed E-state index contributed by atoms with van der Waals surface area (Å²) in [6, 6.07) is 1.85. The van der Waals surface area contributed by atoms with E-state index in [1.54, 1.807) is 6.20 Å². The second-order valence-electron chi connectivity index (χ2n) is 5.95.